The van der Waals surface area contributed by atoms with Crippen molar-refractivity contribution in [1.29, 1.82) is 0 Å². The number of hydrogen-bond donors (Lipinski definition) is 1. The van der Waals surface area contributed by atoms with E-state index in [2.05, 4.69) is 38.2 Å². The Kier molecular flexibility index (Phi) is 5.30. The summed E-state index contributed by atoms with van der Waals surface area (Å²) in [5.74, 6) is 0.269. The number of benzene rings is 1. The highest BCUT2D eigenvalue weighted by atomic mass is 16.1. The van der Waals surface area contributed by atoms with Gasteiger partial charge in [-0.1, -0.05) is 32.9 Å². The Morgan fingerprint density at radius 1 is 1.16 bits per heavy atom. The minimum atomic E-state index is 0.128. The van der Waals surface area contributed by atoms with Crippen LogP contribution in [-0.4, -0.2) is 19.4 Å². The smallest absolute Gasteiger partial charge is 0.163 e. The van der Waals surface area contributed by atoms with E-state index in [0.29, 0.717) is 6.42 Å². The predicted octanol–water partition coefficient (Wildman–Crippen LogP) is 3.78. The summed E-state index contributed by atoms with van der Waals surface area (Å²) in [5.41, 5.74) is 4.57. The molecule has 0 atom stereocenters. The van der Waals surface area contributed by atoms with Gasteiger partial charge in [0.15, 0.2) is 5.78 Å². The highest BCUT2D eigenvalue weighted by molar-refractivity contribution is 5.98. The van der Waals surface area contributed by atoms with Crippen LogP contribution < -0.4 is 5.32 Å². The molecule has 2 nitrogen and oxygen atoms in total. The molecule has 0 aliphatic heterocycles. The molecule has 0 saturated carbocycles. The Bertz CT molecular complexity index is 432. The zero-order valence-electron chi connectivity index (χ0n) is 13.2. The van der Waals surface area contributed by atoms with Crippen molar-refractivity contribution in [3.05, 3.63) is 34.4 Å². The lowest BCUT2D eigenvalue weighted by Gasteiger charge is -2.22. The molecule has 0 amide bonds. The maximum atomic E-state index is 12.3. The molecule has 2 heteroatoms. The standard InChI is InChI=1S/C17H27NO/c1-12-10-14(17(3,4)5)11-13(2)16(12)15(19)8-7-9-18-6/h10-11,18H,7-9H2,1-6H3. The third-order valence-electron chi connectivity index (χ3n) is 3.51. The lowest BCUT2D eigenvalue weighted by molar-refractivity contribution is 0.0979. The molecule has 1 rings (SSSR count). The van der Waals surface area contributed by atoms with Crippen LogP contribution in [0.3, 0.4) is 0 Å². The molecule has 1 aromatic rings. The Morgan fingerprint density at radius 2 is 1.68 bits per heavy atom. The van der Waals surface area contributed by atoms with E-state index in [1.54, 1.807) is 0 Å². The van der Waals surface area contributed by atoms with Crippen LogP contribution in [0.15, 0.2) is 12.1 Å². The Morgan fingerprint density at radius 3 is 2.11 bits per heavy atom. The zero-order valence-corrected chi connectivity index (χ0v) is 13.2. The summed E-state index contributed by atoms with van der Waals surface area (Å²) in [6, 6.07) is 4.33. The van der Waals surface area contributed by atoms with E-state index in [9.17, 15) is 4.79 Å². The number of carbonyl (C=O) groups excluding carboxylic acids is 1. The fourth-order valence-electron chi connectivity index (χ4n) is 2.39. The molecule has 1 aromatic carbocycles. The van der Waals surface area contributed by atoms with Crippen LogP contribution >= 0.6 is 0 Å². The molecule has 0 aliphatic carbocycles. The summed E-state index contributed by atoms with van der Waals surface area (Å²) < 4.78 is 0. The van der Waals surface area contributed by atoms with Gasteiger partial charge in [-0.25, -0.2) is 0 Å². The van der Waals surface area contributed by atoms with Crippen molar-refractivity contribution in [3.63, 3.8) is 0 Å². The first kappa shape index (κ1) is 15.9. The monoisotopic (exact) mass is 261 g/mol. The molecular formula is C17H27NO. The van der Waals surface area contributed by atoms with Gasteiger partial charge in [0.05, 0.1) is 0 Å². The molecule has 1 N–H and O–H groups in total. The van der Waals surface area contributed by atoms with Crippen molar-refractivity contribution in [2.45, 2.75) is 52.9 Å². The maximum Gasteiger partial charge on any atom is 0.163 e. The van der Waals surface area contributed by atoms with Gasteiger partial charge >= 0.3 is 0 Å². The number of Topliss-reactive ketones (excluding diaryl/α,β-unsaturated/α-hetero) is 1. The number of aryl methyl sites for hydroxylation is 2. The maximum absolute atomic E-state index is 12.3. The predicted molar refractivity (Wildman–Crippen MR) is 82.1 cm³/mol. The van der Waals surface area contributed by atoms with Crippen LogP contribution in [0, 0.1) is 13.8 Å². The van der Waals surface area contributed by atoms with Crippen LogP contribution in [0.25, 0.3) is 0 Å². The summed E-state index contributed by atoms with van der Waals surface area (Å²) in [7, 11) is 1.92. The molecule has 0 heterocycles. The third-order valence-corrected chi connectivity index (χ3v) is 3.51. The van der Waals surface area contributed by atoms with Crippen LogP contribution in [-0.2, 0) is 5.41 Å². The van der Waals surface area contributed by atoms with E-state index in [1.807, 2.05) is 20.9 Å². The fourth-order valence-corrected chi connectivity index (χ4v) is 2.39. The van der Waals surface area contributed by atoms with Crippen molar-refractivity contribution in [3.8, 4) is 0 Å². The van der Waals surface area contributed by atoms with Crippen LogP contribution in [0.1, 0.15) is 60.7 Å². The number of rotatable bonds is 5. The first-order chi connectivity index (χ1) is 8.77. The van der Waals surface area contributed by atoms with Gasteiger partial charge in [0.1, 0.15) is 0 Å². The van der Waals surface area contributed by atoms with Crippen molar-refractivity contribution in [1.82, 2.24) is 5.32 Å². The van der Waals surface area contributed by atoms with E-state index in [0.717, 1.165) is 29.7 Å². The van der Waals surface area contributed by atoms with Crippen LogP contribution in [0.4, 0.5) is 0 Å². The Balaban J connectivity index is 3.00. The Hall–Kier alpha value is -1.15. The number of nitrogens with one attached hydrogen (secondary N) is 1. The van der Waals surface area contributed by atoms with E-state index < -0.39 is 0 Å². The van der Waals surface area contributed by atoms with E-state index >= 15 is 0 Å². The summed E-state index contributed by atoms with van der Waals surface area (Å²) in [4.78, 5) is 12.3. The van der Waals surface area contributed by atoms with Gasteiger partial charge < -0.3 is 5.32 Å². The van der Waals surface area contributed by atoms with E-state index in [-0.39, 0.29) is 11.2 Å². The zero-order chi connectivity index (χ0) is 14.6. The molecule has 106 valence electrons. The van der Waals surface area contributed by atoms with Crippen molar-refractivity contribution in [2.24, 2.45) is 0 Å². The van der Waals surface area contributed by atoms with Gasteiger partial charge in [0.2, 0.25) is 0 Å². The molecule has 0 aliphatic rings. The molecule has 0 bridgehead atoms. The summed E-state index contributed by atoms with van der Waals surface area (Å²) in [6.45, 7) is 11.6. The summed E-state index contributed by atoms with van der Waals surface area (Å²) in [5, 5.41) is 3.08. The Labute approximate surface area is 117 Å². The van der Waals surface area contributed by atoms with E-state index in [1.165, 1.54) is 5.56 Å². The third kappa shape index (κ3) is 4.17. The molecule has 0 saturated heterocycles. The normalized spacial score (nSPS) is 11.7. The number of ketones is 1. The minimum absolute atomic E-state index is 0.128. The quantitative estimate of drug-likeness (QED) is 0.645. The fraction of sp³-hybridized carbons (Fsp3) is 0.588. The van der Waals surface area contributed by atoms with Crippen molar-refractivity contribution in [2.75, 3.05) is 13.6 Å². The largest absolute Gasteiger partial charge is 0.320 e. The van der Waals surface area contributed by atoms with Gasteiger partial charge in [-0.2, -0.15) is 0 Å². The number of carbonyl (C=O) groups is 1. The molecule has 0 unspecified atom stereocenters. The first-order valence-corrected chi connectivity index (χ1v) is 7.07. The second-order valence-corrected chi connectivity index (χ2v) is 6.37. The lowest BCUT2D eigenvalue weighted by atomic mass is 9.83. The first-order valence-electron chi connectivity index (χ1n) is 7.07. The topological polar surface area (TPSA) is 29.1 Å². The van der Waals surface area contributed by atoms with Gasteiger partial charge in [-0.15, -0.1) is 0 Å². The molecule has 0 radical (unpaired) electrons. The lowest BCUT2D eigenvalue weighted by Crippen LogP contribution is -2.15. The molecule has 0 aromatic heterocycles. The van der Waals surface area contributed by atoms with E-state index in [4.69, 9.17) is 0 Å². The molecular weight excluding hydrogens is 234 g/mol. The second-order valence-electron chi connectivity index (χ2n) is 6.37. The van der Waals surface area contributed by atoms with Crippen molar-refractivity contribution < 1.29 is 4.79 Å². The summed E-state index contributed by atoms with van der Waals surface area (Å²) >= 11 is 0. The van der Waals surface area contributed by atoms with Crippen LogP contribution in [0.5, 0.6) is 0 Å². The molecule has 19 heavy (non-hydrogen) atoms. The van der Waals surface area contributed by atoms with Gasteiger partial charge in [0.25, 0.3) is 0 Å². The SMILES string of the molecule is CNCCCC(=O)c1c(C)cc(C(C)(C)C)cc1C. The van der Waals surface area contributed by atoms with Gasteiger partial charge in [0, 0.05) is 12.0 Å². The van der Waals surface area contributed by atoms with Crippen LogP contribution in [0.2, 0.25) is 0 Å². The highest BCUT2D eigenvalue weighted by Crippen LogP contribution is 2.27. The minimum Gasteiger partial charge on any atom is -0.320 e. The van der Waals surface area contributed by atoms with Gasteiger partial charge in [-0.3, -0.25) is 4.79 Å². The number of hydrogen-bond acceptors (Lipinski definition) is 2. The average molecular weight is 261 g/mol. The second kappa shape index (κ2) is 6.33. The summed E-state index contributed by atoms with van der Waals surface area (Å²) in [6.07, 6.45) is 1.52. The highest BCUT2D eigenvalue weighted by Gasteiger charge is 2.18. The van der Waals surface area contributed by atoms with Crippen molar-refractivity contribution >= 4 is 5.78 Å². The molecule has 0 fully saturated rings. The average Bonchev–Trinajstić information content (AvgIpc) is 2.27. The molecule has 0 spiro atoms. The van der Waals surface area contributed by atoms with Gasteiger partial charge in [-0.05, 0) is 56.0 Å².